The highest BCUT2D eigenvalue weighted by atomic mass is 19.4. The number of carbonyl (C=O) groups is 1. The maximum atomic E-state index is 12.9. The van der Waals surface area contributed by atoms with E-state index in [0.717, 1.165) is 5.56 Å². The summed E-state index contributed by atoms with van der Waals surface area (Å²) in [4.78, 5) is 21.5. The molecule has 0 aliphatic carbocycles. The number of aromatic nitrogens is 4. The van der Waals surface area contributed by atoms with Crippen molar-refractivity contribution in [2.24, 2.45) is 0 Å². The molecule has 1 aromatic carbocycles. The van der Waals surface area contributed by atoms with Crippen LogP contribution in [0.5, 0.6) is 11.6 Å². The standard InChI is InChI=1S/C23H21F3N6O3/c1-13-17(15-7-9-32-19(11-15)30-22(27)31-32)12-18(21(29-13)34-2)20(33)28-8-6-14-4-3-5-16(10-14)35-23(24,25)26/h3-5,7,9-12H,6,8H2,1-2H3,(H2,27,31)(H,28,33). The molecule has 0 spiro atoms. The van der Waals surface area contributed by atoms with Gasteiger partial charge in [-0.25, -0.2) is 9.50 Å². The van der Waals surface area contributed by atoms with Gasteiger partial charge in [0.15, 0.2) is 5.65 Å². The highest BCUT2D eigenvalue weighted by molar-refractivity contribution is 5.97. The van der Waals surface area contributed by atoms with Gasteiger partial charge in [-0.05, 0) is 54.8 Å². The average molecular weight is 486 g/mol. The molecule has 4 rings (SSSR count). The minimum Gasteiger partial charge on any atom is -0.480 e. The number of hydrogen-bond acceptors (Lipinski definition) is 7. The summed E-state index contributed by atoms with van der Waals surface area (Å²) in [6.45, 7) is 1.96. The lowest BCUT2D eigenvalue weighted by Gasteiger charge is -2.13. The normalized spacial score (nSPS) is 11.5. The number of methoxy groups -OCH3 is 1. The molecule has 0 aliphatic heterocycles. The van der Waals surface area contributed by atoms with Gasteiger partial charge in [0, 0.05) is 24.0 Å². The van der Waals surface area contributed by atoms with Crippen molar-refractivity contribution >= 4 is 17.5 Å². The van der Waals surface area contributed by atoms with Gasteiger partial charge in [0.05, 0.1) is 7.11 Å². The van der Waals surface area contributed by atoms with Gasteiger partial charge in [-0.15, -0.1) is 18.3 Å². The Bertz CT molecular complexity index is 1390. The molecule has 4 aromatic rings. The van der Waals surface area contributed by atoms with Crippen LogP contribution in [-0.4, -0.2) is 45.5 Å². The van der Waals surface area contributed by atoms with Crippen molar-refractivity contribution in [1.82, 2.24) is 24.9 Å². The molecule has 0 saturated heterocycles. The molecular weight excluding hydrogens is 465 g/mol. The Morgan fingerprint density at radius 1 is 1.17 bits per heavy atom. The van der Waals surface area contributed by atoms with Gasteiger partial charge in [0.1, 0.15) is 11.3 Å². The molecular formula is C23H21F3N6O3. The molecule has 0 aliphatic rings. The number of fused-ring (bicyclic) bond motifs is 1. The van der Waals surface area contributed by atoms with Crippen molar-refractivity contribution in [1.29, 1.82) is 0 Å². The van der Waals surface area contributed by atoms with E-state index in [1.807, 2.05) is 0 Å². The molecule has 0 bridgehead atoms. The summed E-state index contributed by atoms with van der Waals surface area (Å²) in [7, 11) is 1.41. The Kier molecular flexibility index (Phi) is 6.45. The summed E-state index contributed by atoms with van der Waals surface area (Å²) in [5.41, 5.74) is 9.06. The zero-order valence-corrected chi connectivity index (χ0v) is 18.8. The zero-order valence-electron chi connectivity index (χ0n) is 18.8. The molecule has 0 saturated carbocycles. The molecule has 9 nitrogen and oxygen atoms in total. The first kappa shape index (κ1) is 23.8. The maximum Gasteiger partial charge on any atom is 0.573 e. The first-order chi connectivity index (χ1) is 16.6. The summed E-state index contributed by atoms with van der Waals surface area (Å²) in [6.07, 6.45) is -2.78. The van der Waals surface area contributed by atoms with Gasteiger partial charge in [0.2, 0.25) is 11.8 Å². The lowest BCUT2D eigenvalue weighted by Crippen LogP contribution is -2.26. The summed E-state index contributed by atoms with van der Waals surface area (Å²) in [5.74, 6) is -0.465. The Hall–Kier alpha value is -4.35. The molecule has 0 fully saturated rings. The Morgan fingerprint density at radius 3 is 2.71 bits per heavy atom. The number of pyridine rings is 2. The number of benzene rings is 1. The van der Waals surface area contributed by atoms with E-state index in [1.165, 1.54) is 29.8 Å². The van der Waals surface area contributed by atoms with Crippen molar-refractivity contribution in [2.75, 3.05) is 19.4 Å². The predicted molar refractivity (Wildman–Crippen MR) is 121 cm³/mol. The molecule has 12 heteroatoms. The molecule has 3 aromatic heterocycles. The van der Waals surface area contributed by atoms with Crippen LogP contribution in [0.2, 0.25) is 0 Å². The average Bonchev–Trinajstić information content (AvgIpc) is 3.17. The van der Waals surface area contributed by atoms with Crippen molar-refractivity contribution in [3.8, 4) is 22.8 Å². The molecule has 35 heavy (non-hydrogen) atoms. The van der Waals surface area contributed by atoms with Crippen LogP contribution in [-0.2, 0) is 6.42 Å². The molecule has 0 unspecified atom stereocenters. The van der Waals surface area contributed by atoms with E-state index in [1.54, 1.807) is 37.4 Å². The second-order valence-electron chi connectivity index (χ2n) is 7.57. The quantitative estimate of drug-likeness (QED) is 0.410. The smallest absolute Gasteiger partial charge is 0.480 e. The van der Waals surface area contributed by atoms with E-state index in [-0.39, 0.29) is 29.7 Å². The minimum atomic E-state index is -4.77. The lowest BCUT2D eigenvalue weighted by molar-refractivity contribution is -0.274. The van der Waals surface area contributed by atoms with E-state index in [9.17, 15) is 18.0 Å². The van der Waals surface area contributed by atoms with E-state index in [0.29, 0.717) is 28.9 Å². The highest BCUT2D eigenvalue weighted by Gasteiger charge is 2.31. The Morgan fingerprint density at radius 2 is 1.97 bits per heavy atom. The zero-order chi connectivity index (χ0) is 25.2. The summed E-state index contributed by atoms with van der Waals surface area (Å²) >= 11 is 0. The first-order valence-corrected chi connectivity index (χ1v) is 10.4. The van der Waals surface area contributed by atoms with Crippen LogP contribution in [0.4, 0.5) is 19.1 Å². The van der Waals surface area contributed by atoms with Crippen LogP contribution >= 0.6 is 0 Å². The van der Waals surface area contributed by atoms with Crippen molar-refractivity contribution in [3.05, 3.63) is 65.5 Å². The van der Waals surface area contributed by atoms with Crippen molar-refractivity contribution in [2.45, 2.75) is 19.7 Å². The largest absolute Gasteiger partial charge is 0.573 e. The number of anilines is 1. The fraction of sp³-hybridized carbons (Fsp3) is 0.217. The summed E-state index contributed by atoms with van der Waals surface area (Å²) in [6, 6.07) is 10.8. The number of hydrogen-bond donors (Lipinski definition) is 2. The topological polar surface area (TPSA) is 117 Å². The number of ether oxygens (including phenoxy) is 2. The van der Waals surface area contributed by atoms with Gasteiger partial charge in [-0.1, -0.05) is 12.1 Å². The van der Waals surface area contributed by atoms with Gasteiger partial charge in [-0.2, -0.15) is 4.98 Å². The number of aryl methyl sites for hydroxylation is 1. The Balaban J connectivity index is 1.51. The van der Waals surface area contributed by atoms with Crippen LogP contribution in [0, 0.1) is 6.92 Å². The third kappa shape index (κ3) is 5.60. The molecule has 1 amide bonds. The van der Waals surface area contributed by atoms with E-state index >= 15 is 0 Å². The number of nitrogens with zero attached hydrogens (tertiary/aromatic N) is 4. The summed E-state index contributed by atoms with van der Waals surface area (Å²) < 4.78 is 48.1. The number of halogens is 3. The second-order valence-corrected chi connectivity index (χ2v) is 7.57. The van der Waals surface area contributed by atoms with E-state index < -0.39 is 12.3 Å². The SMILES string of the molecule is COc1nc(C)c(-c2ccn3nc(N)nc3c2)cc1C(=O)NCCc1cccc(OC(F)(F)F)c1. The number of nitrogens with one attached hydrogen (secondary N) is 1. The monoisotopic (exact) mass is 486 g/mol. The van der Waals surface area contributed by atoms with Gasteiger partial charge >= 0.3 is 6.36 Å². The predicted octanol–water partition coefficient (Wildman–Crippen LogP) is 3.56. The number of nitrogens with two attached hydrogens (primary N) is 1. The molecule has 3 heterocycles. The fourth-order valence-electron chi connectivity index (χ4n) is 3.57. The number of nitrogen functional groups attached to an aromatic ring is 1. The number of rotatable bonds is 7. The minimum absolute atomic E-state index is 0.141. The second kappa shape index (κ2) is 9.49. The molecule has 182 valence electrons. The summed E-state index contributed by atoms with van der Waals surface area (Å²) in [5, 5.41) is 6.80. The van der Waals surface area contributed by atoms with Gasteiger partial charge in [-0.3, -0.25) is 4.79 Å². The van der Waals surface area contributed by atoms with Crippen LogP contribution < -0.4 is 20.5 Å². The van der Waals surface area contributed by atoms with Gasteiger partial charge < -0.3 is 20.5 Å². The Labute approximate surface area is 197 Å². The van der Waals surface area contributed by atoms with Crippen LogP contribution in [0.3, 0.4) is 0 Å². The van der Waals surface area contributed by atoms with E-state index in [4.69, 9.17) is 10.5 Å². The first-order valence-electron chi connectivity index (χ1n) is 10.4. The number of carbonyl (C=O) groups excluding carboxylic acids is 1. The van der Waals surface area contributed by atoms with Crippen molar-refractivity contribution < 1.29 is 27.4 Å². The third-order valence-electron chi connectivity index (χ3n) is 5.11. The van der Waals surface area contributed by atoms with Crippen molar-refractivity contribution in [3.63, 3.8) is 0 Å². The molecule has 3 N–H and O–H groups in total. The molecule has 0 atom stereocenters. The van der Waals surface area contributed by atoms with Crippen LogP contribution in [0.1, 0.15) is 21.6 Å². The lowest BCUT2D eigenvalue weighted by atomic mass is 10.0. The number of amides is 1. The van der Waals surface area contributed by atoms with Crippen LogP contribution in [0.15, 0.2) is 48.7 Å². The molecule has 0 radical (unpaired) electrons. The third-order valence-corrected chi connectivity index (χ3v) is 5.11. The highest BCUT2D eigenvalue weighted by Crippen LogP contribution is 2.29. The van der Waals surface area contributed by atoms with Gasteiger partial charge in [0.25, 0.3) is 5.91 Å². The number of alkyl halides is 3. The van der Waals surface area contributed by atoms with E-state index in [2.05, 4.69) is 25.1 Å². The maximum absolute atomic E-state index is 12.9. The van der Waals surface area contributed by atoms with Crippen LogP contribution in [0.25, 0.3) is 16.8 Å². The fourth-order valence-corrected chi connectivity index (χ4v) is 3.57.